The Balaban J connectivity index is 1.63. The molecule has 88 valence electrons. The molecular formula is C11H16ClN3S. The van der Waals surface area contributed by atoms with E-state index in [2.05, 4.69) is 14.7 Å². The molecule has 1 N–H and O–H groups in total. The van der Waals surface area contributed by atoms with Crippen molar-refractivity contribution in [2.45, 2.75) is 44.1 Å². The van der Waals surface area contributed by atoms with Crippen molar-refractivity contribution in [2.24, 2.45) is 5.92 Å². The fourth-order valence-corrected chi connectivity index (χ4v) is 3.45. The van der Waals surface area contributed by atoms with Crippen LogP contribution in [0.25, 0.3) is 0 Å². The SMILES string of the molecule is ClCC1CCCC1Nc1nc(C2CC2)ns1. The summed E-state index contributed by atoms with van der Waals surface area (Å²) in [5, 5.41) is 4.50. The molecule has 1 aromatic rings. The van der Waals surface area contributed by atoms with E-state index in [4.69, 9.17) is 11.6 Å². The summed E-state index contributed by atoms with van der Waals surface area (Å²) in [6.45, 7) is 0. The predicted molar refractivity (Wildman–Crippen MR) is 67.4 cm³/mol. The van der Waals surface area contributed by atoms with Crippen LogP contribution >= 0.6 is 23.1 Å². The molecule has 2 fully saturated rings. The molecule has 0 aromatic carbocycles. The van der Waals surface area contributed by atoms with Crippen LogP contribution in [-0.2, 0) is 0 Å². The van der Waals surface area contributed by atoms with Crippen LogP contribution in [-0.4, -0.2) is 21.3 Å². The zero-order chi connectivity index (χ0) is 11.0. The average Bonchev–Trinajstić information content (AvgIpc) is 2.88. The van der Waals surface area contributed by atoms with Gasteiger partial charge in [0, 0.05) is 29.4 Å². The van der Waals surface area contributed by atoms with Gasteiger partial charge in [-0.1, -0.05) is 6.42 Å². The molecule has 0 saturated heterocycles. The van der Waals surface area contributed by atoms with E-state index in [0.29, 0.717) is 17.9 Å². The van der Waals surface area contributed by atoms with E-state index in [-0.39, 0.29) is 0 Å². The molecule has 2 aliphatic carbocycles. The van der Waals surface area contributed by atoms with E-state index in [0.717, 1.165) is 16.8 Å². The molecule has 0 radical (unpaired) electrons. The zero-order valence-corrected chi connectivity index (χ0v) is 10.7. The predicted octanol–water partition coefficient (Wildman–Crippen LogP) is 3.23. The Bertz CT molecular complexity index is 364. The minimum absolute atomic E-state index is 0.512. The molecule has 0 spiro atoms. The minimum atomic E-state index is 0.512. The number of alkyl halides is 1. The maximum atomic E-state index is 5.96. The van der Waals surface area contributed by atoms with Crippen molar-refractivity contribution < 1.29 is 0 Å². The molecule has 0 amide bonds. The number of nitrogens with zero attached hydrogens (tertiary/aromatic N) is 2. The third-order valence-electron chi connectivity index (χ3n) is 3.55. The minimum Gasteiger partial charge on any atom is -0.357 e. The standard InChI is InChI=1S/C11H16ClN3S/c12-6-8-2-1-3-9(8)13-11-14-10(15-16-11)7-4-5-7/h7-9H,1-6H2,(H,13,14,15). The van der Waals surface area contributed by atoms with Crippen LogP contribution in [0.1, 0.15) is 43.8 Å². The Labute approximate surface area is 105 Å². The summed E-state index contributed by atoms with van der Waals surface area (Å²) in [5.74, 6) is 3.06. The van der Waals surface area contributed by atoms with Gasteiger partial charge in [0.1, 0.15) is 5.82 Å². The summed E-state index contributed by atoms with van der Waals surface area (Å²) < 4.78 is 4.41. The van der Waals surface area contributed by atoms with Crippen LogP contribution in [0.3, 0.4) is 0 Å². The molecule has 2 aliphatic rings. The van der Waals surface area contributed by atoms with Gasteiger partial charge in [0.25, 0.3) is 0 Å². The summed E-state index contributed by atoms with van der Waals surface area (Å²) in [6.07, 6.45) is 6.28. The molecule has 16 heavy (non-hydrogen) atoms. The van der Waals surface area contributed by atoms with Crippen molar-refractivity contribution in [3.63, 3.8) is 0 Å². The van der Waals surface area contributed by atoms with Gasteiger partial charge < -0.3 is 5.32 Å². The highest BCUT2D eigenvalue weighted by atomic mass is 35.5. The Morgan fingerprint density at radius 1 is 1.31 bits per heavy atom. The summed E-state index contributed by atoms with van der Waals surface area (Å²) in [4.78, 5) is 4.56. The average molecular weight is 258 g/mol. The summed E-state index contributed by atoms with van der Waals surface area (Å²) in [6, 6.07) is 0.512. The summed E-state index contributed by atoms with van der Waals surface area (Å²) in [5.41, 5.74) is 0. The van der Waals surface area contributed by atoms with E-state index >= 15 is 0 Å². The fourth-order valence-electron chi connectivity index (χ4n) is 2.37. The Morgan fingerprint density at radius 2 is 2.19 bits per heavy atom. The first-order valence-corrected chi connectivity index (χ1v) is 7.33. The van der Waals surface area contributed by atoms with Crippen molar-refractivity contribution in [3.05, 3.63) is 5.82 Å². The molecule has 1 aromatic heterocycles. The van der Waals surface area contributed by atoms with Crippen LogP contribution in [0, 0.1) is 5.92 Å². The lowest BCUT2D eigenvalue weighted by molar-refractivity contribution is 0.562. The van der Waals surface area contributed by atoms with Crippen molar-refractivity contribution >= 4 is 28.3 Å². The third-order valence-corrected chi connectivity index (χ3v) is 4.61. The number of anilines is 1. The molecule has 0 bridgehead atoms. The van der Waals surface area contributed by atoms with Crippen molar-refractivity contribution in [1.29, 1.82) is 0 Å². The number of hydrogen-bond donors (Lipinski definition) is 1. The first-order valence-electron chi connectivity index (χ1n) is 6.03. The lowest BCUT2D eigenvalue weighted by atomic mass is 10.1. The lowest BCUT2D eigenvalue weighted by Gasteiger charge is -2.17. The second-order valence-electron chi connectivity index (χ2n) is 4.83. The Kier molecular flexibility index (Phi) is 3.03. The molecule has 5 heteroatoms. The highest BCUT2D eigenvalue weighted by molar-refractivity contribution is 7.09. The highest BCUT2D eigenvalue weighted by Gasteiger charge is 2.30. The zero-order valence-electron chi connectivity index (χ0n) is 9.16. The number of aromatic nitrogens is 2. The van der Waals surface area contributed by atoms with Gasteiger partial charge in [-0.2, -0.15) is 4.37 Å². The first kappa shape index (κ1) is 10.8. The first-order chi connectivity index (χ1) is 7.86. The lowest BCUT2D eigenvalue weighted by Crippen LogP contribution is -2.24. The van der Waals surface area contributed by atoms with Gasteiger partial charge in [0.2, 0.25) is 5.13 Å². The second kappa shape index (κ2) is 4.49. The van der Waals surface area contributed by atoms with E-state index in [9.17, 15) is 0 Å². The van der Waals surface area contributed by atoms with Gasteiger partial charge >= 0.3 is 0 Å². The maximum absolute atomic E-state index is 5.96. The molecule has 1 heterocycles. The van der Waals surface area contributed by atoms with Gasteiger partial charge in [-0.25, -0.2) is 4.98 Å². The van der Waals surface area contributed by atoms with Crippen LogP contribution in [0.5, 0.6) is 0 Å². The summed E-state index contributed by atoms with van der Waals surface area (Å²) >= 11 is 7.46. The Hall–Kier alpha value is -0.350. The van der Waals surface area contributed by atoms with Crippen molar-refractivity contribution in [2.75, 3.05) is 11.2 Å². The van der Waals surface area contributed by atoms with Crippen LogP contribution in [0.2, 0.25) is 0 Å². The van der Waals surface area contributed by atoms with Crippen LogP contribution < -0.4 is 5.32 Å². The second-order valence-corrected chi connectivity index (χ2v) is 5.89. The number of nitrogens with one attached hydrogen (secondary N) is 1. The van der Waals surface area contributed by atoms with Gasteiger partial charge in [-0.05, 0) is 31.6 Å². The van der Waals surface area contributed by atoms with Crippen LogP contribution in [0.15, 0.2) is 0 Å². The molecule has 0 aliphatic heterocycles. The van der Waals surface area contributed by atoms with E-state index in [1.165, 1.54) is 43.6 Å². The Morgan fingerprint density at radius 3 is 2.94 bits per heavy atom. The number of rotatable bonds is 4. The largest absolute Gasteiger partial charge is 0.357 e. The van der Waals surface area contributed by atoms with Gasteiger partial charge in [-0.3, -0.25) is 0 Å². The summed E-state index contributed by atoms with van der Waals surface area (Å²) in [7, 11) is 0. The van der Waals surface area contributed by atoms with Gasteiger partial charge in [-0.15, -0.1) is 11.6 Å². The molecule has 2 unspecified atom stereocenters. The molecular weight excluding hydrogens is 242 g/mol. The van der Waals surface area contributed by atoms with E-state index in [1.54, 1.807) is 0 Å². The topological polar surface area (TPSA) is 37.8 Å². The van der Waals surface area contributed by atoms with Gasteiger partial charge in [0.15, 0.2) is 0 Å². The van der Waals surface area contributed by atoms with Gasteiger partial charge in [0.05, 0.1) is 0 Å². The number of hydrogen-bond acceptors (Lipinski definition) is 4. The maximum Gasteiger partial charge on any atom is 0.202 e. The number of halogens is 1. The fraction of sp³-hybridized carbons (Fsp3) is 0.818. The molecule has 3 nitrogen and oxygen atoms in total. The smallest absolute Gasteiger partial charge is 0.202 e. The molecule has 2 atom stereocenters. The van der Waals surface area contributed by atoms with E-state index < -0.39 is 0 Å². The molecule has 2 saturated carbocycles. The monoisotopic (exact) mass is 257 g/mol. The van der Waals surface area contributed by atoms with Crippen molar-refractivity contribution in [1.82, 2.24) is 9.36 Å². The third kappa shape index (κ3) is 2.18. The van der Waals surface area contributed by atoms with Crippen molar-refractivity contribution in [3.8, 4) is 0 Å². The normalized spacial score (nSPS) is 29.6. The molecule has 3 rings (SSSR count). The highest BCUT2D eigenvalue weighted by Crippen LogP contribution is 2.39. The van der Waals surface area contributed by atoms with E-state index in [1.807, 2.05) is 0 Å². The van der Waals surface area contributed by atoms with Crippen LogP contribution in [0.4, 0.5) is 5.13 Å². The quantitative estimate of drug-likeness (QED) is 0.842.